The molecule has 1 aliphatic heterocycles. The van der Waals surface area contributed by atoms with Crippen molar-refractivity contribution < 1.29 is 4.39 Å². The van der Waals surface area contributed by atoms with Gasteiger partial charge in [0.05, 0.1) is 10.9 Å². The van der Waals surface area contributed by atoms with Crippen LogP contribution in [-0.4, -0.2) is 24.3 Å². The number of rotatable bonds is 2. The minimum absolute atomic E-state index is 0.112. The van der Waals surface area contributed by atoms with Gasteiger partial charge in [-0.15, -0.1) is 0 Å². The number of allylic oxidation sites excluding steroid dienone is 1. The van der Waals surface area contributed by atoms with Gasteiger partial charge < -0.3 is 0 Å². The third-order valence-corrected chi connectivity index (χ3v) is 5.02. The predicted octanol–water partition coefficient (Wildman–Crippen LogP) is 3.71. The van der Waals surface area contributed by atoms with Crippen molar-refractivity contribution >= 4 is 34.2 Å². The van der Waals surface area contributed by atoms with Crippen molar-refractivity contribution in [2.24, 2.45) is 0 Å². The topological polar surface area (TPSA) is 65.6 Å². The molecule has 0 atom stereocenters. The lowest BCUT2D eigenvalue weighted by Gasteiger charge is -2.06. The summed E-state index contributed by atoms with van der Waals surface area (Å²) < 4.78 is 17.5. The van der Waals surface area contributed by atoms with E-state index >= 15 is 0 Å². The molecule has 2 aromatic heterocycles. The number of hydrogen-bond donors (Lipinski definition) is 0. The smallest absolute Gasteiger partial charge is 0.261 e. The molecule has 0 saturated heterocycles. The Hall–Kier alpha value is -3.32. The fourth-order valence-electron chi connectivity index (χ4n) is 3.46. The number of halogens is 2. The summed E-state index contributed by atoms with van der Waals surface area (Å²) in [6.45, 7) is 0.537. The van der Waals surface area contributed by atoms with Gasteiger partial charge in [0.25, 0.3) is 5.56 Å². The van der Waals surface area contributed by atoms with E-state index in [-0.39, 0.29) is 5.56 Å². The summed E-state index contributed by atoms with van der Waals surface area (Å²) in [5.74, 6) is 0.205. The van der Waals surface area contributed by atoms with Gasteiger partial charge in [0.15, 0.2) is 0 Å². The van der Waals surface area contributed by atoms with Crippen molar-refractivity contribution in [2.75, 3.05) is 0 Å². The molecule has 28 heavy (non-hydrogen) atoms. The Morgan fingerprint density at radius 3 is 2.86 bits per heavy atom. The second-order valence-corrected chi connectivity index (χ2v) is 6.96. The Bertz CT molecular complexity index is 1310. The monoisotopic (exact) mass is 393 g/mol. The highest BCUT2D eigenvalue weighted by molar-refractivity contribution is 6.31. The van der Waals surface area contributed by atoms with E-state index in [4.69, 9.17) is 11.6 Å². The zero-order valence-electron chi connectivity index (χ0n) is 14.5. The molecule has 0 unspecified atom stereocenters. The zero-order valence-corrected chi connectivity index (χ0v) is 15.3. The average Bonchev–Trinajstić information content (AvgIpc) is 3.34. The fourth-order valence-corrected chi connectivity index (χ4v) is 3.63. The van der Waals surface area contributed by atoms with Crippen molar-refractivity contribution in [3.8, 4) is 5.69 Å². The summed E-state index contributed by atoms with van der Waals surface area (Å²) in [6.07, 6.45) is 5.31. The number of fused-ring (bicyclic) bond motifs is 2. The summed E-state index contributed by atoms with van der Waals surface area (Å²) in [6, 6.07) is 9.97. The average molecular weight is 394 g/mol. The van der Waals surface area contributed by atoms with Crippen LogP contribution in [0.3, 0.4) is 0 Å². The van der Waals surface area contributed by atoms with Gasteiger partial charge in [-0.1, -0.05) is 17.7 Å². The molecule has 0 radical (unpaired) electrons. The van der Waals surface area contributed by atoms with Gasteiger partial charge in [0.1, 0.15) is 30.0 Å². The maximum absolute atomic E-state index is 14.5. The Morgan fingerprint density at radius 2 is 2.07 bits per heavy atom. The standard InChI is InChI=1S/C20H13ClFN5O/c21-14-2-3-17-15(9-14)20(28)26-6-5-13(19(26)25-17)7-12-1-4-18(16(22)8-12)27-11-23-10-24-27/h1-4,7-11H,5-6H2/b13-7+. The molecule has 3 heterocycles. The molecule has 5 rings (SSSR count). The highest BCUT2D eigenvalue weighted by Gasteiger charge is 2.21. The third kappa shape index (κ3) is 2.71. The minimum Gasteiger partial charge on any atom is -0.292 e. The Labute approximate surface area is 163 Å². The van der Waals surface area contributed by atoms with E-state index < -0.39 is 5.82 Å². The number of hydrogen-bond acceptors (Lipinski definition) is 4. The molecule has 0 saturated carbocycles. The van der Waals surface area contributed by atoms with Gasteiger partial charge in [-0.05, 0) is 54.0 Å². The molecule has 0 fully saturated rings. The molecule has 0 bridgehead atoms. The summed E-state index contributed by atoms with van der Waals surface area (Å²) in [5.41, 5.74) is 2.39. The lowest BCUT2D eigenvalue weighted by atomic mass is 10.1. The first-order valence-corrected chi connectivity index (χ1v) is 9.03. The first-order chi connectivity index (χ1) is 13.6. The summed E-state index contributed by atoms with van der Waals surface area (Å²) in [4.78, 5) is 21.2. The molecule has 0 N–H and O–H groups in total. The lowest BCUT2D eigenvalue weighted by molar-refractivity contribution is 0.610. The van der Waals surface area contributed by atoms with Crippen LogP contribution >= 0.6 is 11.6 Å². The van der Waals surface area contributed by atoms with E-state index in [1.54, 1.807) is 34.9 Å². The predicted molar refractivity (Wildman–Crippen MR) is 105 cm³/mol. The molecule has 138 valence electrons. The van der Waals surface area contributed by atoms with E-state index in [0.717, 1.165) is 5.57 Å². The summed E-state index contributed by atoms with van der Waals surface area (Å²) in [7, 11) is 0. The Balaban J connectivity index is 1.59. The first kappa shape index (κ1) is 16.8. The van der Waals surface area contributed by atoms with Crippen LogP contribution < -0.4 is 5.56 Å². The highest BCUT2D eigenvalue weighted by atomic mass is 35.5. The van der Waals surface area contributed by atoms with Crippen molar-refractivity contribution in [3.05, 3.63) is 81.6 Å². The van der Waals surface area contributed by atoms with Crippen molar-refractivity contribution in [1.82, 2.24) is 24.3 Å². The van der Waals surface area contributed by atoms with E-state index in [9.17, 15) is 9.18 Å². The molecular formula is C20H13ClFN5O. The fraction of sp³-hybridized carbons (Fsp3) is 0.100. The largest absolute Gasteiger partial charge is 0.292 e. The normalized spacial score (nSPS) is 14.7. The molecule has 1 aliphatic rings. The number of nitrogens with zero attached hydrogens (tertiary/aromatic N) is 5. The lowest BCUT2D eigenvalue weighted by Crippen LogP contribution is -2.20. The summed E-state index contributed by atoms with van der Waals surface area (Å²) >= 11 is 6.01. The van der Waals surface area contributed by atoms with Gasteiger partial charge in [0, 0.05) is 11.6 Å². The number of aromatic nitrogens is 5. The van der Waals surface area contributed by atoms with Crippen LogP contribution in [0.15, 0.2) is 53.8 Å². The molecule has 0 spiro atoms. The third-order valence-electron chi connectivity index (χ3n) is 4.79. The van der Waals surface area contributed by atoms with Gasteiger partial charge in [-0.25, -0.2) is 19.0 Å². The van der Waals surface area contributed by atoms with Crippen LogP contribution in [0, 0.1) is 5.82 Å². The van der Waals surface area contributed by atoms with Crippen LogP contribution in [0.25, 0.3) is 28.2 Å². The van der Waals surface area contributed by atoms with Crippen molar-refractivity contribution in [3.63, 3.8) is 0 Å². The summed E-state index contributed by atoms with van der Waals surface area (Å²) in [5, 5.41) is 4.95. The second kappa shape index (κ2) is 6.38. The van der Waals surface area contributed by atoms with Crippen LogP contribution in [0.1, 0.15) is 17.8 Å². The SMILES string of the molecule is O=c1c2cc(Cl)ccc2nc2n1CC/C2=C\c1ccc(-n2cncn2)c(F)c1. The second-order valence-electron chi connectivity index (χ2n) is 6.52. The van der Waals surface area contributed by atoms with Gasteiger partial charge in [0.2, 0.25) is 0 Å². The van der Waals surface area contributed by atoms with Crippen LogP contribution in [-0.2, 0) is 6.54 Å². The molecule has 0 amide bonds. The minimum atomic E-state index is -0.406. The van der Waals surface area contributed by atoms with E-state index in [1.807, 2.05) is 6.08 Å². The molecule has 8 heteroatoms. The molecule has 2 aromatic carbocycles. The molecular weight excluding hydrogens is 381 g/mol. The van der Waals surface area contributed by atoms with Gasteiger partial charge in [-0.2, -0.15) is 5.10 Å². The van der Waals surface area contributed by atoms with E-state index in [1.165, 1.54) is 23.4 Å². The molecule has 6 nitrogen and oxygen atoms in total. The van der Waals surface area contributed by atoms with Crippen molar-refractivity contribution in [2.45, 2.75) is 13.0 Å². The van der Waals surface area contributed by atoms with Gasteiger partial charge >= 0.3 is 0 Å². The van der Waals surface area contributed by atoms with Crippen molar-refractivity contribution in [1.29, 1.82) is 0 Å². The van der Waals surface area contributed by atoms with E-state index in [0.29, 0.717) is 46.0 Å². The maximum Gasteiger partial charge on any atom is 0.261 e. The Kier molecular flexibility index (Phi) is 3.84. The maximum atomic E-state index is 14.5. The quantitative estimate of drug-likeness (QED) is 0.520. The zero-order chi connectivity index (χ0) is 19.3. The highest BCUT2D eigenvalue weighted by Crippen LogP contribution is 2.28. The Morgan fingerprint density at radius 1 is 1.18 bits per heavy atom. The van der Waals surface area contributed by atoms with Gasteiger partial charge in [-0.3, -0.25) is 9.36 Å². The molecule has 0 aliphatic carbocycles. The van der Waals surface area contributed by atoms with Crippen LogP contribution in [0.2, 0.25) is 5.02 Å². The van der Waals surface area contributed by atoms with Crippen LogP contribution in [0.5, 0.6) is 0 Å². The first-order valence-electron chi connectivity index (χ1n) is 8.66. The van der Waals surface area contributed by atoms with Crippen LogP contribution in [0.4, 0.5) is 4.39 Å². The van der Waals surface area contributed by atoms with E-state index in [2.05, 4.69) is 15.1 Å². The number of benzene rings is 2. The molecule has 4 aromatic rings.